The summed E-state index contributed by atoms with van der Waals surface area (Å²) in [4.78, 5) is 22.0. The molecule has 0 spiro atoms. The van der Waals surface area contributed by atoms with Crippen LogP contribution >= 0.6 is 0 Å². The van der Waals surface area contributed by atoms with Gasteiger partial charge >= 0.3 is 0 Å². The molecule has 3 heterocycles. The summed E-state index contributed by atoms with van der Waals surface area (Å²) >= 11 is 0. The fourth-order valence-corrected chi connectivity index (χ4v) is 3.96. The SMILES string of the molecule is Cc1ccnc(N(C(=O)c2ccco2)C2CCN(CCc3ccccc3)CC2)c1. The van der Waals surface area contributed by atoms with Gasteiger partial charge in [-0.25, -0.2) is 4.98 Å². The van der Waals surface area contributed by atoms with Crippen LogP contribution in [-0.4, -0.2) is 41.5 Å². The van der Waals surface area contributed by atoms with Crippen LogP contribution in [0.2, 0.25) is 0 Å². The first-order chi connectivity index (χ1) is 14.2. The lowest BCUT2D eigenvalue weighted by atomic mass is 10.0. The van der Waals surface area contributed by atoms with Gasteiger partial charge in [-0.05, 0) is 61.6 Å². The van der Waals surface area contributed by atoms with E-state index in [1.165, 1.54) is 5.56 Å². The van der Waals surface area contributed by atoms with Crippen molar-refractivity contribution in [3.8, 4) is 0 Å². The molecule has 2 aromatic heterocycles. The molecule has 0 aliphatic carbocycles. The molecular formula is C24H27N3O2. The van der Waals surface area contributed by atoms with Gasteiger partial charge in [-0.1, -0.05) is 30.3 Å². The Kier molecular flexibility index (Phi) is 6.06. The number of aromatic nitrogens is 1. The molecule has 29 heavy (non-hydrogen) atoms. The molecule has 3 aromatic rings. The summed E-state index contributed by atoms with van der Waals surface area (Å²) in [5.74, 6) is 0.949. The summed E-state index contributed by atoms with van der Waals surface area (Å²) in [5, 5.41) is 0. The molecule has 0 atom stereocenters. The van der Waals surface area contributed by atoms with E-state index in [1.807, 2.05) is 24.0 Å². The number of carbonyl (C=O) groups is 1. The number of carbonyl (C=O) groups excluding carboxylic acids is 1. The normalized spacial score (nSPS) is 15.3. The van der Waals surface area contributed by atoms with Crippen molar-refractivity contribution in [1.82, 2.24) is 9.88 Å². The third-order valence-electron chi connectivity index (χ3n) is 5.58. The maximum atomic E-state index is 13.2. The van der Waals surface area contributed by atoms with Crippen LogP contribution in [0, 0.1) is 6.92 Å². The summed E-state index contributed by atoms with van der Waals surface area (Å²) in [6.45, 7) is 5.02. The number of rotatable bonds is 6. The van der Waals surface area contributed by atoms with Crippen molar-refractivity contribution >= 4 is 11.7 Å². The van der Waals surface area contributed by atoms with Crippen LogP contribution in [0.4, 0.5) is 5.82 Å². The quantitative estimate of drug-likeness (QED) is 0.629. The van der Waals surface area contributed by atoms with Gasteiger partial charge in [0.1, 0.15) is 5.82 Å². The highest BCUT2D eigenvalue weighted by atomic mass is 16.3. The van der Waals surface area contributed by atoms with E-state index in [-0.39, 0.29) is 11.9 Å². The monoisotopic (exact) mass is 389 g/mol. The van der Waals surface area contributed by atoms with E-state index in [2.05, 4.69) is 40.2 Å². The molecular weight excluding hydrogens is 362 g/mol. The van der Waals surface area contributed by atoms with Crippen molar-refractivity contribution in [3.05, 3.63) is 83.9 Å². The highest BCUT2D eigenvalue weighted by molar-refractivity contribution is 6.04. The highest BCUT2D eigenvalue weighted by Gasteiger charge is 2.31. The number of aryl methyl sites for hydroxylation is 1. The lowest BCUT2D eigenvalue weighted by Crippen LogP contribution is -2.48. The number of furan rings is 1. The van der Waals surface area contributed by atoms with Crippen LogP contribution in [0.1, 0.15) is 34.5 Å². The summed E-state index contributed by atoms with van der Waals surface area (Å²) < 4.78 is 5.40. The Balaban J connectivity index is 1.44. The third kappa shape index (κ3) is 4.74. The van der Waals surface area contributed by atoms with Crippen molar-refractivity contribution < 1.29 is 9.21 Å². The zero-order valence-corrected chi connectivity index (χ0v) is 16.8. The summed E-state index contributed by atoms with van der Waals surface area (Å²) in [6.07, 6.45) is 6.22. The highest BCUT2D eigenvalue weighted by Crippen LogP contribution is 2.25. The van der Waals surface area contributed by atoms with E-state index in [0.29, 0.717) is 11.6 Å². The lowest BCUT2D eigenvalue weighted by Gasteiger charge is -2.37. The number of hydrogen-bond acceptors (Lipinski definition) is 4. The average Bonchev–Trinajstić information content (AvgIpc) is 3.29. The zero-order chi connectivity index (χ0) is 20.1. The largest absolute Gasteiger partial charge is 0.459 e. The van der Waals surface area contributed by atoms with Crippen molar-refractivity contribution in [2.24, 2.45) is 0 Å². The minimum absolute atomic E-state index is 0.115. The van der Waals surface area contributed by atoms with Crippen LogP contribution in [0.25, 0.3) is 0 Å². The van der Waals surface area contributed by atoms with Gasteiger partial charge in [0.25, 0.3) is 5.91 Å². The molecule has 0 unspecified atom stereocenters. The Morgan fingerprint density at radius 1 is 1.14 bits per heavy atom. The zero-order valence-electron chi connectivity index (χ0n) is 16.8. The van der Waals surface area contributed by atoms with Crippen molar-refractivity contribution in [1.29, 1.82) is 0 Å². The molecule has 1 saturated heterocycles. The number of likely N-dealkylation sites (tertiary alicyclic amines) is 1. The molecule has 1 fully saturated rings. The van der Waals surface area contributed by atoms with Crippen LogP contribution < -0.4 is 4.90 Å². The molecule has 150 valence electrons. The van der Waals surface area contributed by atoms with Crippen LogP contribution in [-0.2, 0) is 6.42 Å². The second-order valence-electron chi connectivity index (χ2n) is 7.65. The summed E-state index contributed by atoms with van der Waals surface area (Å²) in [6, 6.07) is 18.1. The second kappa shape index (κ2) is 9.05. The topological polar surface area (TPSA) is 49.6 Å². The molecule has 1 aliphatic rings. The van der Waals surface area contributed by atoms with Crippen LogP contribution in [0.3, 0.4) is 0 Å². The number of pyridine rings is 1. The minimum atomic E-state index is -0.115. The summed E-state index contributed by atoms with van der Waals surface area (Å²) in [7, 11) is 0. The Morgan fingerprint density at radius 2 is 1.93 bits per heavy atom. The van der Waals surface area contributed by atoms with E-state index in [0.717, 1.165) is 44.5 Å². The third-order valence-corrected chi connectivity index (χ3v) is 5.58. The first kappa shape index (κ1) is 19.4. The van der Waals surface area contributed by atoms with E-state index in [9.17, 15) is 4.79 Å². The Labute approximate surface area is 172 Å². The van der Waals surface area contributed by atoms with Gasteiger partial charge in [0.15, 0.2) is 5.76 Å². The van der Waals surface area contributed by atoms with Gasteiger partial charge in [-0.2, -0.15) is 0 Å². The van der Waals surface area contributed by atoms with Crippen molar-refractivity contribution in [3.63, 3.8) is 0 Å². The summed E-state index contributed by atoms with van der Waals surface area (Å²) in [5.41, 5.74) is 2.46. The fraction of sp³-hybridized carbons (Fsp3) is 0.333. The maximum absolute atomic E-state index is 13.2. The molecule has 5 nitrogen and oxygen atoms in total. The molecule has 0 N–H and O–H groups in total. The molecule has 0 saturated carbocycles. The van der Waals surface area contributed by atoms with E-state index >= 15 is 0 Å². The Morgan fingerprint density at radius 3 is 2.62 bits per heavy atom. The molecule has 1 aliphatic heterocycles. The maximum Gasteiger partial charge on any atom is 0.295 e. The van der Waals surface area contributed by atoms with Crippen molar-refractivity contribution in [2.45, 2.75) is 32.2 Å². The van der Waals surface area contributed by atoms with Crippen LogP contribution in [0.5, 0.6) is 0 Å². The van der Waals surface area contributed by atoms with Gasteiger partial charge in [0.05, 0.1) is 6.26 Å². The number of amides is 1. The molecule has 1 aromatic carbocycles. The number of nitrogens with zero attached hydrogens (tertiary/aromatic N) is 3. The number of piperidine rings is 1. The Hall–Kier alpha value is -2.92. The van der Waals surface area contributed by atoms with Gasteiger partial charge in [0.2, 0.25) is 0 Å². The predicted molar refractivity (Wildman–Crippen MR) is 114 cm³/mol. The average molecular weight is 389 g/mol. The molecule has 0 radical (unpaired) electrons. The molecule has 0 bridgehead atoms. The first-order valence-electron chi connectivity index (χ1n) is 10.3. The molecule has 4 rings (SSSR count). The smallest absolute Gasteiger partial charge is 0.295 e. The minimum Gasteiger partial charge on any atom is -0.459 e. The van der Waals surface area contributed by atoms with Crippen molar-refractivity contribution in [2.75, 3.05) is 24.5 Å². The number of anilines is 1. The lowest BCUT2D eigenvalue weighted by molar-refractivity contribution is 0.0932. The van der Waals surface area contributed by atoms with Gasteiger partial charge in [-0.15, -0.1) is 0 Å². The van der Waals surface area contributed by atoms with Gasteiger partial charge < -0.3 is 9.32 Å². The Bertz CT molecular complexity index is 916. The predicted octanol–water partition coefficient (Wildman–Crippen LogP) is 4.34. The van der Waals surface area contributed by atoms with E-state index < -0.39 is 0 Å². The fourth-order valence-electron chi connectivity index (χ4n) is 3.96. The standard InChI is InChI=1S/C24H27N3O2/c1-19-9-13-25-23(18-19)27(24(28)22-8-5-17-29-22)21-11-15-26(16-12-21)14-10-20-6-3-2-4-7-20/h2-9,13,17-18,21H,10-12,14-16H2,1H3. The van der Waals surface area contributed by atoms with Crippen LogP contribution in [0.15, 0.2) is 71.5 Å². The molecule has 5 heteroatoms. The van der Waals surface area contributed by atoms with E-state index in [1.54, 1.807) is 24.6 Å². The van der Waals surface area contributed by atoms with E-state index in [4.69, 9.17) is 4.42 Å². The number of hydrogen-bond donors (Lipinski definition) is 0. The second-order valence-corrected chi connectivity index (χ2v) is 7.65. The molecule has 1 amide bonds. The van der Waals surface area contributed by atoms with Gasteiger partial charge in [0, 0.05) is 31.9 Å². The first-order valence-corrected chi connectivity index (χ1v) is 10.3. The van der Waals surface area contributed by atoms with Gasteiger partial charge in [-0.3, -0.25) is 9.69 Å². The number of benzene rings is 1.